The molecule has 44 heavy (non-hydrogen) atoms. The number of fused-ring (bicyclic) bond motifs is 4. The van der Waals surface area contributed by atoms with Gasteiger partial charge in [0.15, 0.2) is 0 Å². The third-order valence-corrected chi connectivity index (χ3v) is 10.0. The average molecular weight is 600 g/mol. The number of nitrogens with zero attached hydrogens (tertiary/aromatic N) is 8. The monoisotopic (exact) mass is 599 g/mol. The normalized spacial score (nSPS) is 24.8. The number of hydrogen-bond acceptors (Lipinski definition) is 9. The Labute approximate surface area is 255 Å². The van der Waals surface area contributed by atoms with Gasteiger partial charge in [-0.15, -0.1) is 5.10 Å². The van der Waals surface area contributed by atoms with Crippen molar-refractivity contribution in [3.8, 4) is 28.7 Å². The minimum absolute atomic E-state index is 0.0521. The van der Waals surface area contributed by atoms with Crippen LogP contribution >= 0.6 is 0 Å². The molecular formula is C32H38FN9O2. The Hall–Kier alpha value is -3.92. The zero-order chi connectivity index (χ0) is 30.5. The summed E-state index contributed by atoms with van der Waals surface area (Å²) in [6, 6.07) is 9.88. The van der Waals surface area contributed by atoms with E-state index in [0.717, 1.165) is 93.0 Å². The second-order valence-electron chi connectivity index (χ2n) is 13.2. The summed E-state index contributed by atoms with van der Waals surface area (Å²) in [5, 5.41) is 36.4. The van der Waals surface area contributed by atoms with Gasteiger partial charge in [-0.2, -0.15) is 10.4 Å². The first-order valence-corrected chi connectivity index (χ1v) is 15.4. The van der Waals surface area contributed by atoms with Crippen LogP contribution in [0, 0.1) is 11.3 Å². The van der Waals surface area contributed by atoms with Gasteiger partial charge in [-0.25, -0.2) is 13.6 Å². The Morgan fingerprint density at radius 2 is 1.84 bits per heavy atom. The number of alkyl halides is 1. The fraction of sp³-hybridized carbons (Fsp3) is 0.531. The van der Waals surface area contributed by atoms with Crippen LogP contribution < -0.4 is 5.32 Å². The van der Waals surface area contributed by atoms with E-state index in [-0.39, 0.29) is 17.6 Å². The summed E-state index contributed by atoms with van der Waals surface area (Å²) in [6.07, 6.45) is 10.2. The maximum absolute atomic E-state index is 14.6. The van der Waals surface area contributed by atoms with Crippen molar-refractivity contribution in [2.45, 2.75) is 81.8 Å². The van der Waals surface area contributed by atoms with E-state index in [1.54, 1.807) is 29.2 Å². The molecular weight excluding hydrogens is 561 g/mol. The lowest BCUT2D eigenvalue weighted by molar-refractivity contribution is -0.0689. The first-order valence-electron chi connectivity index (χ1n) is 15.4. The highest BCUT2D eigenvalue weighted by atomic mass is 19.1. The molecule has 2 bridgehead atoms. The van der Waals surface area contributed by atoms with Crippen LogP contribution in [0.1, 0.15) is 57.9 Å². The summed E-state index contributed by atoms with van der Waals surface area (Å²) < 4.78 is 23.5. The molecule has 0 amide bonds. The van der Waals surface area contributed by atoms with Gasteiger partial charge in [-0.3, -0.25) is 9.88 Å². The predicted octanol–water partition coefficient (Wildman–Crippen LogP) is 4.22. The van der Waals surface area contributed by atoms with Gasteiger partial charge in [0, 0.05) is 41.6 Å². The molecule has 0 radical (unpaired) electrons. The van der Waals surface area contributed by atoms with Gasteiger partial charge in [0.25, 0.3) is 0 Å². The van der Waals surface area contributed by atoms with Gasteiger partial charge in [0.1, 0.15) is 17.9 Å². The first kappa shape index (κ1) is 28.8. The Kier molecular flexibility index (Phi) is 7.15. The third-order valence-electron chi connectivity index (χ3n) is 10.0. The van der Waals surface area contributed by atoms with Crippen LogP contribution in [-0.4, -0.2) is 88.8 Å². The van der Waals surface area contributed by atoms with Crippen molar-refractivity contribution in [1.29, 1.82) is 5.26 Å². The van der Waals surface area contributed by atoms with Crippen molar-refractivity contribution in [1.82, 2.24) is 34.5 Å². The van der Waals surface area contributed by atoms with Crippen LogP contribution in [0.15, 0.2) is 42.9 Å². The zero-order valence-electron chi connectivity index (χ0n) is 25.2. The van der Waals surface area contributed by atoms with Gasteiger partial charge in [-0.1, -0.05) is 5.21 Å². The van der Waals surface area contributed by atoms with E-state index < -0.39 is 11.8 Å². The van der Waals surface area contributed by atoms with Crippen LogP contribution in [0.5, 0.6) is 0 Å². The zero-order valence-corrected chi connectivity index (χ0v) is 25.2. The number of nitriles is 1. The Bertz CT molecular complexity index is 1690. The van der Waals surface area contributed by atoms with E-state index >= 15 is 0 Å². The molecule has 4 aliphatic rings. The van der Waals surface area contributed by atoms with E-state index in [0.29, 0.717) is 11.3 Å². The fourth-order valence-electron chi connectivity index (χ4n) is 7.21. The number of nitrogens with one attached hydrogen (secondary N) is 1. The van der Waals surface area contributed by atoms with Crippen molar-refractivity contribution in [3.05, 3.63) is 48.4 Å². The second kappa shape index (κ2) is 10.9. The number of anilines is 1. The minimum atomic E-state index is -1.50. The molecule has 1 atom stereocenters. The Balaban J connectivity index is 1.22. The number of rotatable bonds is 8. The van der Waals surface area contributed by atoms with E-state index in [9.17, 15) is 14.8 Å². The molecule has 2 N–H and O–H groups in total. The van der Waals surface area contributed by atoms with Crippen molar-refractivity contribution >= 4 is 11.2 Å². The molecule has 4 fully saturated rings. The molecule has 5 heterocycles. The van der Waals surface area contributed by atoms with Crippen LogP contribution in [0.4, 0.5) is 10.1 Å². The number of aliphatic hydroxyl groups is 1. The number of aromatic nitrogens is 6. The highest BCUT2D eigenvalue weighted by Crippen LogP contribution is 2.52. The number of halogens is 1. The van der Waals surface area contributed by atoms with Gasteiger partial charge in [-0.05, 0) is 76.6 Å². The summed E-state index contributed by atoms with van der Waals surface area (Å²) in [7, 11) is 0. The van der Waals surface area contributed by atoms with E-state index in [4.69, 9.17) is 9.72 Å². The van der Waals surface area contributed by atoms with Gasteiger partial charge in [0.2, 0.25) is 0 Å². The van der Waals surface area contributed by atoms with Gasteiger partial charge in [0.05, 0.1) is 60.2 Å². The molecule has 3 saturated carbocycles. The molecule has 1 aliphatic heterocycles. The smallest absolute Gasteiger partial charge is 0.148 e. The number of pyridine rings is 1. The van der Waals surface area contributed by atoms with Crippen LogP contribution in [0.3, 0.4) is 0 Å². The SMILES string of the molecule is CC(C)(O)[C@H](F)Cn1cc(-c2cnc(-c3ccc4cc(C#N)cnn34)cc2NC23CCC(N4CCOCC4)(CC2)CC3)nn1. The molecule has 0 unspecified atom stereocenters. The summed E-state index contributed by atoms with van der Waals surface area (Å²) in [4.78, 5) is 7.48. The molecule has 0 spiro atoms. The molecule has 4 aromatic rings. The lowest BCUT2D eigenvalue weighted by Gasteiger charge is -2.58. The van der Waals surface area contributed by atoms with E-state index in [1.165, 1.54) is 18.5 Å². The summed E-state index contributed by atoms with van der Waals surface area (Å²) in [5.41, 5.74) is 3.84. The van der Waals surface area contributed by atoms with Gasteiger partial charge < -0.3 is 15.2 Å². The maximum Gasteiger partial charge on any atom is 0.148 e. The fourth-order valence-corrected chi connectivity index (χ4v) is 7.21. The lowest BCUT2D eigenvalue weighted by atomic mass is 9.60. The lowest BCUT2D eigenvalue weighted by Crippen LogP contribution is -2.62. The molecule has 3 aliphatic carbocycles. The number of hydrogen-bond donors (Lipinski definition) is 2. The van der Waals surface area contributed by atoms with Crippen molar-refractivity contribution in [2.75, 3.05) is 31.6 Å². The predicted molar refractivity (Wildman–Crippen MR) is 163 cm³/mol. The van der Waals surface area contributed by atoms with Crippen molar-refractivity contribution < 1.29 is 14.2 Å². The van der Waals surface area contributed by atoms with Gasteiger partial charge >= 0.3 is 0 Å². The van der Waals surface area contributed by atoms with E-state index in [2.05, 4.69) is 31.7 Å². The number of morpholine rings is 1. The maximum atomic E-state index is 14.6. The van der Waals surface area contributed by atoms with Crippen LogP contribution in [-0.2, 0) is 11.3 Å². The summed E-state index contributed by atoms with van der Waals surface area (Å²) >= 11 is 0. The number of ether oxygens (including phenoxy) is 1. The summed E-state index contributed by atoms with van der Waals surface area (Å²) in [6.45, 7) is 6.44. The molecule has 4 aromatic heterocycles. The molecule has 0 aromatic carbocycles. The quantitative estimate of drug-likeness (QED) is 0.306. The molecule has 11 nitrogen and oxygen atoms in total. The summed E-state index contributed by atoms with van der Waals surface area (Å²) in [5.74, 6) is 0. The molecule has 1 saturated heterocycles. The second-order valence-corrected chi connectivity index (χ2v) is 13.2. The standard InChI is InChI=1S/C32H38FN9O2/c1-30(2,43)29(33)21-41-20-27(38-39-41)24-19-35-26(28-4-3-23-15-22(17-34)18-36-42(23)28)16-25(24)37-31-5-8-32(9-6-31,10-7-31)40-11-13-44-14-12-40/h3-4,15-16,18-20,29,43H,5-14,21H2,1-2H3,(H,35,37)/t29-,31?,32?/m1/s1. The van der Waals surface area contributed by atoms with Crippen molar-refractivity contribution in [3.63, 3.8) is 0 Å². The highest BCUT2D eigenvalue weighted by Gasteiger charge is 2.51. The van der Waals surface area contributed by atoms with Crippen molar-refractivity contribution in [2.24, 2.45) is 0 Å². The Morgan fingerprint density at radius 3 is 2.55 bits per heavy atom. The topological polar surface area (TPSA) is 129 Å². The highest BCUT2D eigenvalue weighted by molar-refractivity contribution is 5.79. The molecule has 8 rings (SSSR count). The van der Waals surface area contributed by atoms with E-state index in [1.807, 2.05) is 18.2 Å². The van der Waals surface area contributed by atoms with Crippen LogP contribution in [0.2, 0.25) is 0 Å². The molecule has 230 valence electrons. The largest absolute Gasteiger partial charge is 0.387 e. The van der Waals surface area contributed by atoms with Crippen LogP contribution in [0.25, 0.3) is 28.2 Å². The third kappa shape index (κ3) is 5.23. The minimum Gasteiger partial charge on any atom is -0.387 e. The first-order chi connectivity index (χ1) is 21.2. The molecule has 12 heteroatoms. The Morgan fingerprint density at radius 1 is 1.09 bits per heavy atom. The average Bonchev–Trinajstić information content (AvgIpc) is 3.68.